The summed E-state index contributed by atoms with van der Waals surface area (Å²) in [5, 5.41) is 16.7. The molecule has 0 bridgehead atoms. The van der Waals surface area contributed by atoms with Gasteiger partial charge in [-0.1, -0.05) is 170 Å². The van der Waals surface area contributed by atoms with E-state index < -0.39 is 0 Å². The normalized spacial score (nSPS) is 13.9. The molecule has 0 spiro atoms. The Hall–Kier alpha value is -12.8. The maximum absolute atomic E-state index is 7.01. The summed E-state index contributed by atoms with van der Waals surface area (Å²) in [5.41, 5.74) is 16.8. The molecular weight excluding hydrogens is 1200 g/mol. The molecule has 24 rings (SSSR count). The lowest BCUT2D eigenvalue weighted by Gasteiger charge is -2.25. The van der Waals surface area contributed by atoms with Crippen LogP contribution >= 0.6 is 0 Å². The standard InChI is InChI=1S/2C42H22O6/c2*1-3-9-23-21(7-1)15-17-27-31(23)35-25-11-5-13-29-33(25)37-38-34-26(12-6-14-30(34)47-41(37)39(35)45-19-43-27)36-32-24-10-4-2-8-22(24)16-18-28(32)44-20-46-40(36)42(38)48-29/h2*1-18H,19-20H2. The van der Waals surface area contributed by atoms with Crippen molar-refractivity contribution >= 4 is 131 Å². The summed E-state index contributed by atoms with van der Waals surface area (Å²) in [5.74, 6) is 5.65. The Kier molecular flexibility index (Phi) is 9.78. The highest BCUT2D eigenvalue weighted by Crippen LogP contribution is 2.64. The molecule has 0 unspecified atom stereocenters. The number of rotatable bonds is 0. The molecule has 12 heteroatoms. The molecule has 96 heavy (non-hydrogen) atoms. The Balaban J connectivity index is 0.000000121. The predicted molar refractivity (Wildman–Crippen MR) is 374 cm³/mol. The predicted octanol–water partition coefficient (Wildman–Crippen LogP) is 22.3. The van der Waals surface area contributed by atoms with Gasteiger partial charge in [-0.15, -0.1) is 0 Å². The van der Waals surface area contributed by atoms with Crippen molar-refractivity contribution in [1.82, 2.24) is 0 Å². The third kappa shape index (κ3) is 6.51. The molecule has 0 N–H and O–H groups in total. The van der Waals surface area contributed by atoms with E-state index in [0.29, 0.717) is 45.3 Å². The zero-order chi connectivity index (χ0) is 62.2. The highest BCUT2D eigenvalue weighted by molar-refractivity contribution is 6.34. The lowest BCUT2D eigenvalue weighted by Crippen LogP contribution is -2.06. The van der Waals surface area contributed by atoms with E-state index in [1.54, 1.807) is 0 Å². The summed E-state index contributed by atoms with van der Waals surface area (Å²) in [6.07, 6.45) is 0. The molecule has 0 aromatic heterocycles. The second-order valence-electron chi connectivity index (χ2n) is 25.0. The van der Waals surface area contributed by atoms with Gasteiger partial charge in [0.15, 0.2) is 45.3 Å². The maximum atomic E-state index is 7.01. The van der Waals surface area contributed by atoms with Gasteiger partial charge in [-0.2, -0.15) is 0 Å². The summed E-state index contributed by atoms with van der Waals surface area (Å²) in [4.78, 5) is 0. The molecule has 16 aromatic rings. The van der Waals surface area contributed by atoms with Crippen molar-refractivity contribution in [3.8, 4) is 113 Å². The summed E-state index contributed by atoms with van der Waals surface area (Å²) in [6, 6.07) is 74.7. The molecule has 0 saturated carbocycles. The minimum absolute atomic E-state index is 0.0498. The van der Waals surface area contributed by atoms with Crippen LogP contribution in [0.25, 0.3) is 198 Å². The van der Waals surface area contributed by atoms with Crippen LogP contribution in [0.4, 0.5) is 0 Å². The first kappa shape index (κ1) is 50.8. The molecule has 0 aliphatic carbocycles. The van der Waals surface area contributed by atoms with Gasteiger partial charge < -0.3 is 55.6 Å². The van der Waals surface area contributed by atoms with Crippen molar-refractivity contribution in [3.05, 3.63) is 218 Å². The van der Waals surface area contributed by atoms with E-state index in [-0.39, 0.29) is 27.2 Å². The zero-order valence-electron chi connectivity index (χ0n) is 50.5. The first-order valence-electron chi connectivity index (χ1n) is 32.0. The first-order chi connectivity index (χ1) is 47.7. The Morgan fingerprint density at radius 3 is 0.656 bits per heavy atom. The van der Waals surface area contributed by atoms with Gasteiger partial charge >= 0.3 is 0 Å². The van der Waals surface area contributed by atoms with Crippen LogP contribution in [0.2, 0.25) is 0 Å². The molecule has 8 aliphatic heterocycles. The third-order valence-electron chi connectivity index (χ3n) is 20.4. The fraction of sp³-hybridized carbons (Fsp3) is 0.0476. The van der Waals surface area contributed by atoms with Crippen LogP contribution < -0.4 is 37.9 Å². The molecule has 8 heterocycles. The van der Waals surface area contributed by atoms with Gasteiger partial charge in [0.25, 0.3) is 0 Å². The summed E-state index contributed by atoms with van der Waals surface area (Å²) < 4.78 is 79.3. The number of benzene rings is 16. The van der Waals surface area contributed by atoms with E-state index in [1.807, 2.05) is 72.8 Å². The number of ether oxygens (including phenoxy) is 8. The van der Waals surface area contributed by atoms with Crippen LogP contribution in [0.1, 0.15) is 0 Å². The molecule has 12 nitrogen and oxygen atoms in total. The Labute approximate surface area is 541 Å². The first-order valence-corrected chi connectivity index (χ1v) is 32.0. The van der Waals surface area contributed by atoms with Gasteiger partial charge in [-0.3, -0.25) is 0 Å². The Morgan fingerprint density at radius 1 is 0.177 bits per heavy atom. The molecule has 0 saturated heterocycles. The molecule has 16 aromatic carbocycles. The van der Waals surface area contributed by atoms with Crippen molar-refractivity contribution in [2.75, 3.05) is 27.2 Å². The second kappa shape index (κ2) is 18.5. The molecule has 452 valence electrons. The van der Waals surface area contributed by atoms with Gasteiger partial charge in [-0.05, 0) is 113 Å². The minimum Gasteiger partial charge on any atom is -0.457 e. The average Bonchev–Trinajstić information content (AvgIpc) is 0.897. The maximum Gasteiger partial charge on any atom is 0.231 e. The minimum atomic E-state index is 0.0498. The van der Waals surface area contributed by atoms with Gasteiger partial charge in [0, 0.05) is 88.3 Å². The van der Waals surface area contributed by atoms with Crippen LogP contribution in [0.15, 0.2) is 236 Å². The lowest BCUT2D eigenvalue weighted by atomic mass is 9.83. The van der Waals surface area contributed by atoms with Crippen LogP contribution in [0, 0.1) is 0 Å². The molecule has 8 aliphatic rings. The van der Waals surface area contributed by atoms with Crippen molar-refractivity contribution in [2.24, 2.45) is 0 Å². The van der Waals surface area contributed by atoms with Crippen molar-refractivity contribution < 1.29 is 55.6 Å². The van der Waals surface area contributed by atoms with E-state index >= 15 is 0 Å². The summed E-state index contributed by atoms with van der Waals surface area (Å²) in [6.45, 7) is 0.199. The van der Waals surface area contributed by atoms with Gasteiger partial charge in [0.1, 0.15) is 45.3 Å². The van der Waals surface area contributed by atoms with E-state index in [1.165, 1.54) is 0 Å². The van der Waals surface area contributed by atoms with Gasteiger partial charge in [-0.25, -0.2) is 0 Å². The van der Waals surface area contributed by atoms with E-state index in [9.17, 15) is 0 Å². The SMILES string of the molecule is c1ccc2c3c(ccc2c1)OCOc1c-3c2cccc3oc4c5c(c6cccc7oc1c(c32)-c4c76)-c1c(ccc2ccccc12)OCO5.c1ccc2c3c(ccc2c1)OCOc1c-3c2cccc3oc4c5c(c6cccc7oc1c(c32)-c4c76)-c1c(ccc2ccccc12)OCO5. The van der Waals surface area contributed by atoms with E-state index in [0.717, 1.165) is 198 Å². The Morgan fingerprint density at radius 2 is 0.406 bits per heavy atom. The van der Waals surface area contributed by atoms with E-state index in [4.69, 9.17) is 55.6 Å². The Bertz CT molecular complexity index is 5930. The molecule has 0 fully saturated rings. The van der Waals surface area contributed by atoms with Crippen LogP contribution in [-0.2, 0) is 0 Å². The van der Waals surface area contributed by atoms with Gasteiger partial charge in [0.2, 0.25) is 27.2 Å². The van der Waals surface area contributed by atoms with Crippen LogP contribution in [0.3, 0.4) is 0 Å². The van der Waals surface area contributed by atoms with Crippen molar-refractivity contribution in [3.63, 3.8) is 0 Å². The van der Waals surface area contributed by atoms with Crippen LogP contribution in [0.5, 0.6) is 46.0 Å². The third-order valence-corrected chi connectivity index (χ3v) is 20.4. The fourth-order valence-corrected chi connectivity index (χ4v) is 16.6. The van der Waals surface area contributed by atoms with Crippen molar-refractivity contribution in [2.45, 2.75) is 0 Å². The quantitative estimate of drug-likeness (QED) is 0.106. The van der Waals surface area contributed by atoms with Gasteiger partial charge in [0.05, 0.1) is 0 Å². The molecule has 0 radical (unpaired) electrons. The number of hydrogen-bond donors (Lipinski definition) is 0. The van der Waals surface area contributed by atoms with E-state index in [2.05, 4.69) is 146 Å². The summed E-state index contributed by atoms with van der Waals surface area (Å²) in [7, 11) is 0. The fourth-order valence-electron chi connectivity index (χ4n) is 16.6. The second-order valence-corrected chi connectivity index (χ2v) is 25.0. The largest absolute Gasteiger partial charge is 0.457 e. The molecule has 0 atom stereocenters. The monoisotopic (exact) mass is 1240 g/mol. The summed E-state index contributed by atoms with van der Waals surface area (Å²) >= 11 is 0. The smallest absolute Gasteiger partial charge is 0.231 e. The lowest BCUT2D eigenvalue weighted by molar-refractivity contribution is 0.125. The number of hydrogen-bond acceptors (Lipinski definition) is 12. The zero-order valence-corrected chi connectivity index (χ0v) is 50.5. The average molecular weight is 1250 g/mol. The molecular formula is C84H44O12. The number of fused-ring (bicyclic) bond motifs is 28. The van der Waals surface area contributed by atoms with Crippen LogP contribution in [-0.4, -0.2) is 27.2 Å². The highest BCUT2D eigenvalue weighted by atomic mass is 16.7. The van der Waals surface area contributed by atoms with Crippen molar-refractivity contribution in [1.29, 1.82) is 0 Å². The highest BCUT2D eigenvalue weighted by Gasteiger charge is 2.40. The molecule has 0 amide bonds. The topological polar surface area (TPSA) is 126 Å².